The van der Waals surface area contributed by atoms with Crippen molar-refractivity contribution in [2.24, 2.45) is 0 Å². The van der Waals surface area contributed by atoms with E-state index >= 15 is 0 Å². The topological polar surface area (TPSA) is 85.0 Å². The Kier molecular flexibility index (Phi) is 8.55. The minimum atomic E-state index is -0.194. The van der Waals surface area contributed by atoms with Crippen molar-refractivity contribution in [3.05, 3.63) is 35.9 Å². The highest BCUT2D eigenvalue weighted by Gasteiger charge is 2.25. The fourth-order valence-corrected chi connectivity index (χ4v) is 4.17. The van der Waals surface area contributed by atoms with Gasteiger partial charge in [0.05, 0.1) is 0 Å². The quantitative estimate of drug-likeness (QED) is 0.728. The normalized spacial score (nSPS) is 17.2. The van der Waals surface area contributed by atoms with Crippen LogP contribution in [-0.2, 0) is 11.3 Å². The third-order valence-electron chi connectivity index (χ3n) is 6.08. The van der Waals surface area contributed by atoms with E-state index in [-0.39, 0.29) is 24.4 Å². The van der Waals surface area contributed by atoms with Crippen molar-refractivity contribution in [1.82, 2.24) is 25.3 Å². The average Bonchev–Trinajstić information content (AvgIpc) is 2.80. The van der Waals surface area contributed by atoms with Crippen molar-refractivity contribution in [1.29, 1.82) is 0 Å². The minimum absolute atomic E-state index is 0.00674. The number of hydrogen-bond donors (Lipinski definition) is 2. The molecule has 1 aliphatic carbocycles. The molecule has 8 heteroatoms. The number of carbonyl (C=O) groups excluding carboxylic acids is 3. The van der Waals surface area contributed by atoms with E-state index in [9.17, 15) is 14.4 Å². The molecule has 1 heterocycles. The predicted octanol–water partition coefficient (Wildman–Crippen LogP) is 2.40. The summed E-state index contributed by atoms with van der Waals surface area (Å²) in [6, 6.07) is 9.87. The molecule has 0 radical (unpaired) electrons. The molecule has 0 atom stereocenters. The summed E-state index contributed by atoms with van der Waals surface area (Å²) in [5.74, 6) is 0.0124. The number of urea groups is 2. The van der Waals surface area contributed by atoms with E-state index in [1.807, 2.05) is 30.3 Å². The third-order valence-corrected chi connectivity index (χ3v) is 6.08. The Bertz CT molecular complexity index is 728. The fourth-order valence-electron chi connectivity index (χ4n) is 4.17. The summed E-state index contributed by atoms with van der Waals surface area (Å²) >= 11 is 0. The lowest BCUT2D eigenvalue weighted by atomic mass is 9.96. The smallest absolute Gasteiger partial charge is 0.317 e. The van der Waals surface area contributed by atoms with Gasteiger partial charge in [-0.05, 0) is 18.4 Å². The van der Waals surface area contributed by atoms with E-state index in [0.29, 0.717) is 45.3 Å². The van der Waals surface area contributed by atoms with E-state index in [2.05, 4.69) is 10.6 Å². The number of nitrogens with one attached hydrogen (secondary N) is 2. The van der Waals surface area contributed by atoms with Crippen molar-refractivity contribution >= 4 is 18.0 Å². The van der Waals surface area contributed by atoms with Gasteiger partial charge in [-0.2, -0.15) is 0 Å². The Morgan fingerprint density at radius 1 is 0.968 bits per heavy atom. The Labute approximate surface area is 184 Å². The summed E-state index contributed by atoms with van der Waals surface area (Å²) in [6.45, 7) is 3.01. The van der Waals surface area contributed by atoms with Gasteiger partial charge in [-0.25, -0.2) is 9.59 Å². The molecule has 0 unspecified atom stereocenters. The van der Waals surface area contributed by atoms with Gasteiger partial charge in [0.25, 0.3) is 0 Å². The molecular formula is C23H35N5O3. The lowest BCUT2D eigenvalue weighted by Gasteiger charge is -2.36. The lowest BCUT2D eigenvalue weighted by Crippen LogP contribution is -2.55. The zero-order valence-corrected chi connectivity index (χ0v) is 18.5. The fraction of sp³-hybridized carbons (Fsp3) is 0.609. The van der Waals surface area contributed by atoms with Gasteiger partial charge >= 0.3 is 12.1 Å². The largest absolute Gasteiger partial charge is 0.339 e. The Hall–Kier alpha value is -2.77. The summed E-state index contributed by atoms with van der Waals surface area (Å²) in [6.07, 6.45) is 6.03. The average molecular weight is 430 g/mol. The SMILES string of the molecule is CN(Cc1ccccc1)C(=O)NCCC(=O)N1CCN(C(=O)NC2CCCCC2)CC1. The van der Waals surface area contributed by atoms with Crippen LogP contribution in [0.15, 0.2) is 30.3 Å². The van der Waals surface area contributed by atoms with Crippen LogP contribution >= 0.6 is 0 Å². The first-order valence-corrected chi connectivity index (χ1v) is 11.4. The lowest BCUT2D eigenvalue weighted by molar-refractivity contribution is -0.132. The summed E-state index contributed by atoms with van der Waals surface area (Å²) in [5.41, 5.74) is 1.06. The van der Waals surface area contributed by atoms with E-state index in [1.165, 1.54) is 19.3 Å². The van der Waals surface area contributed by atoms with Crippen LogP contribution < -0.4 is 10.6 Å². The van der Waals surface area contributed by atoms with Crippen LogP contribution in [0, 0.1) is 0 Å². The first-order chi connectivity index (χ1) is 15.0. The molecule has 1 aliphatic heterocycles. The molecule has 1 aromatic rings. The molecule has 8 nitrogen and oxygen atoms in total. The van der Waals surface area contributed by atoms with Crippen LogP contribution in [0.2, 0.25) is 0 Å². The number of nitrogens with zero attached hydrogens (tertiary/aromatic N) is 3. The molecule has 31 heavy (non-hydrogen) atoms. The Morgan fingerprint density at radius 3 is 2.29 bits per heavy atom. The van der Waals surface area contributed by atoms with Crippen LogP contribution in [0.5, 0.6) is 0 Å². The maximum atomic E-state index is 12.5. The highest BCUT2D eigenvalue weighted by atomic mass is 16.2. The number of piperazine rings is 1. The second-order valence-corrected chi connectivity index (χ2v) is 8.48. The highest BCUT2D eigenvalue weighted by molar-refractivity contribution is 5.79. The summed E-state index contributed by atoms with van der Waals surface area (Å²) in [7, 11) is 1.74. The maximum absolute atomic E-state index is 12.5. The Morgan fingerprint density at radius 2 is 1.61 bits per heavy atom. The second kappa shape index (κ2) is 11.6. The molecule has 5 amide bonds. The van der Waals surface area contributed by atoms with Gasteiger partial charge in [0.2, 0.25) is 5.91 Å². The van der Waals surface area contributed by atoms with Crippen LogP contribution in [0.4, 0.5) is 9.59 Å². The molecular weight excluding hydrogens is 394 g/mol. The molecule has 2 N–H and O–H groups in total. The molecule has 170 valence electrons. The van der Waals surface area contributed by atoms with E-state index < -0.39 is 0 Å². The molecule has 1 saturated heterocycles. The van der Waals surface area contributed by atoms with Crippen molar-refractivity contribution < 1.29 is 14.4 Å². The van der Waals surface area contributed by atoms with Crippen LogP contribution in [0.25, 0.3) is 0 Å². The molecule has 2 fully saturated rings. The number of amides is 5. The van der Waals surface area contributed by atoms with Crippen LogP contribution in [0.3, 0.4) is 0 Å². The molecule has 0 spiro atoms. The highest BCUT2D eigenvalue weighted by Crippen LogP contribution is 2.17. The van der Waals surface area contributed by atoms with Crippen molar-refractivity contribution in [2.75, 3.05) is 39.8 Å². The molecule has 1 saturated carbocycles. The zero-order valence-electron chi connectivity index (χ0n) is 18.5. The van der Waals surface area contributed by atoms with Crippen LogP contribution in [-0.4, -0.2) is 78.5 Å². The summed E-state index contributed by atoms with van der Waals surface area (Å²) in [4.78, 5) is 42.3. The van der Waals surface area contributed by atoms with Gasteiger partial charge in [0, 0.05) is 58.8 Å². The minimum Gasteiger partial charge on any atom is -0.339 e. The molecule has 3 rings (SSSR count). The van der Waals surface area contributed by atoms with E-state index in [4.69, 9.17) is 0 Å². The Balaban J connectivity index is 1.31. The van der Waals surface area contributed by atoms with Gasteiger partial charge in [0.15, 0.2) is 0 Å². The van der Waals surface area contributed by atoms with E-state index in [1.54, 1.807) is 21.7 Å². The monoisotopic (exact) mass is 429 g/mol. The van der Waals surface area contributed by atoms with Gasteiger partial charge in [0.1, 0.15) is 0 Å². The summed E-state index contributed by atoms with van der Waals surface area (Å²) < 4.78 is 0. The number of hydrogen-bond acceptors (Lipinski definition) is 3. The molecule has 0 bridgehead atoms. The number of carbonyl (C=O) groups is 3. The van der Waals surface area contributed by atoms with Crippen LogP contribution in [0.1, 0.15) is 44.1 Å². The van der Waals surface area contributed by atoms with Gasteiger partial charge in [-0.3, -0.25) is 4.79 Å². The van der Waals surface area contributed by atoms with Crippen molar-refractivity contribution in [3.63, 3.8) is 0 Å². The molecule has 2 aliphatic rings. The molecule has 1 aromatic carbocycles. The van der Waals surface area contributed by atoms with Crippen molar-refractivity contribution in [2.45, 2.75) is 51.1 Å². The van der Waals surface area contributed by atoms with Gasteiger partial charge in [-0.15, -0.1) is 0 Å². The predicted molar refractivity (Wildman–Crippen MR) is 119 cm³/mol. The van der Waals surface area contributed by atoms with E-state index in [0.717, 1.165) is 18.4 Å². The standard InChI is InChI=1S/C23H35N5O3/c1-26(18-19-8-4-2-5-9-19)22(30)24-13-12-21(29)27-14-16-28(17-15-27)23(31)25-20-10-6-3-7-11-20/h2,4-5,8-9,20H,3,6-7,10-18H2,1H3,(H,24,30)(H,25,31). The first kappa shape index (κ1) is 22.9. The summed E-state index contributed by atoms with van der Waals surface area (Å²) in [5, 5.41) is 5.95. The molecule has 0 aromatic heterocycles. The number of benzene rings is 1. The number of rotatable bonds is 6. The van der Waals surface area contributed by atoms with Gasteiger partial charge in [-0.1, -0.05) is 49.6 Å². The third kappa shape index (κ3) is 7.15. The second-order valence-electron chi connectivity index (χ2n) is 8.48. The van der Waals surface area contributed by atoms with Crippen molar-refractivity contribution in [3.8, 4) is 0 Å². The van der Waals surface area contributed by atoms with Gasteiger partial charge < -0.3 is 25.3 Å². The maximum Gasteiger partial charge on any atom is 0.317 e. The zero-order chi connectivity index (χ0) is 22.1. The first-order valence-electron chi connectivity index (χ1n) is 11.4.